The minimum Gasteiger partial charge on any atom is -0.467 e. The molecule has 0 saturated heterocycles. The Balaban J connectivity index is 1.78. The molecular weight excluding hydrogens is 435 g/mol. The van der Waals surface area contributed by atoms with Crippen molar-refractivity contribution in [1.29, 1.82) is 0 Å². The van der Waals surface area contributed by atoms with Gasteiger partial charge in [0.25, 0.3) is 5.91 Å². The Bertz CT molecular complexity index is 1140. The Morgan fingerprint density at radius 3 is 2.03 bits per heavy atom. The monoisotopic (exact) mass is 455 g/mol. The van der Waals surface area contributed by atoms with Gasteiger partial charge in [0.05, 0.1) is 18.2 Å². The number of hydrogen-bond donors (Lipinski definition) is 1. The zero-order valence-electron chi connectivity index (χ0n) is 17.6. The number of amides is 1. The number of halogens is 3. The van der Waals surface area contributed by atoms with Crippen molar-refractivity contribution < 1.29 is 32.3 Å². The van der Waals surface area contributed by atoms with E-state index in [0.717, 1.165) is 19.2 Å². The summed E-state index contributed by atoms with van der Waals surface area (Å²) in [5.74, 6) is -2.03. The third-order valence-electron chi connectivity index (χ3n) is 4.96. The molecule has 0 spiro atoms. The van der Waals surface area contributed by atoms with Gasteiger partial charge < -0.3 is 10.1 Å². The first-order valence-electron chi connectivity index (χ1n) is 9.94. The Morgan fingerprint density at radius 1 is 0.848 bits per heavy atom. The highest BCUT2D eigenvalue weighted by molar-refractivity contribution is 6.09. The molecule has 0 aromatic heterocycles. The first kappa shape index (κ1) is 23.7. The largest absolute Gasteiger partial charge is 0.467 e. The molecule has 5 nitrogen and oxygen atoms in total. The maximum atomic E-state index is 13.2. The van der Waals surface area contributed by atoms with Crippen LogP contribution in [0.3, 0.4) is 0 Å². The predicted molar refractivity (Wildman–Crippen MR) is 115 cm³/mol. The van der Waals surface area contributed by atoms with Crippen molar-refractivity contribution in [3.63, 3.8) is 0 Å². The molecular formula is C25H20F3NO4. The normalized spacial score (nSPS) is 12.0. The van der Waals surface area contributed by atoms with Gasteiger partial charge in [0, 0.05) is 17.5 Å². The van der Waals surface area contributed by atoms with E-state index >= 15 is 0 Å². The minimum atomic E-state index is -4.73. The van der Waals surface area contributed by atoms with Gasteiger partial charge in [0.2, 0.25) is 0 Å². The Morgan fingerprint density at radius 2 is 1.42 bits per heavy atom. The van der Waals surface area contributed by atoms with Crippen LogP contribution in [-0.4, -0.2) is 30.8 Å². The number of benzene rings is 3. The first-order valence-corrected chi connectivity index (χ1v) is 9.94. The highest BCUT2D eigenvalue weighted by Crippen LogP contribution is 2.31. The molecule has 0 radical (unpaired) electrons. The van der Waals surface area contributed by atoms with Gasteiger partial charge in [-0.05, 0) is 17.7 Å². The molecule has 1 atom stereocenters. The molecule has 0 aliphatic carbocycles. The molecule has 8 heteroatoms. The predicted octanol–water partition coefficient (Wildman–Crippen LogP) is 4.45. The molecule has 3 aromatic rings. The van der Waals surface area contributed by atoms with Gasteiger partial charge in [-0.15, -0.1) is 0 Å². The lowest BCUT2D eigenvalue weighted by Crippen LogP contribution is -2.43. The fourth-order valence-electron chi connectivity index (χ4n) is 3.28. The quantitative estimate of drug-likeness (QED) is 0.422. The van der Waals surface area contributed by atoms with Gasteiger partial charge in [0.15, 0.2) is 5.78 Å². The maximum absolute atomic E-state index is 13.2. The van der Waals surface area contributed by atoms with Crippen molar-refractivity contribution in [3.8, 4) is 0 Å². The molecule has 0 unspecified atom stereocenters. The van der Waals surface area contributed by atoms with E-state index in [1.807, 2.05) is 0 Å². The smallest absolute Gasteiger partial charge is 0.417 e. The van der Waals surface area contributed by atoms with Gasteiger partial charge in [-0.2, -0.15) is 13.2 Å². The third kappa shape index (κ3) is 5.85. The molecule has 33 heavy (non-hydrogen) atoms. The lowest BCUT2D eigenvalue weighted by Gasteiger charge is -2.18. The molecule has 0 bridgehead atoms. The lowest BCUT2D eigenvalue weighted by atomic mass is 9.99. The number of hydrogen-bond acceptors (Lipinski definition) is 4. The number of rotatable bonds is 7. The van der Waals surface area contributed by atoms with Crippen molar-refractivity contribution in [1.82, 2.24) is 5.32 Å². The second kappa shape index (κ2) is 10.1. The van der Waals surface area contributed by atoms with Crippen LogP contribution in [0.5, 0.6) is 0 Å². The van der Waals surface area contributed by atoms with Crippen molar-refractivity contribution in [2.75, 3.05) is 7.11 Å². The lowest BCUT2D eigenvalue weighted by molar-refractivity contribution is -0.142. The summed E-state index contributed by atoms with van der Waals surface area (Å²) in [7, 11) is 1.12. The van der Waals surface area contributed by atoms with Gasteiger partial charge in [-0.25, -0.2) is 4.79 Å². The number of nitrogens with one attached hydrogen (secondary N) is 1. The van der Waals surface area contributed by atoms with E-state index in [0.29, 0.717) is 16.7 Å². The van der Waals surface area contributed by atoms with E-state index < -0.39 is 35.2 Å². The molecule has 3 rings (SSSR count). The number of carbonyl (C=O) groups is 3. The number of ether oxygens (including phenoxy) is 1. The van der Waals surface area contributed by atoms with Gasteiger partial charge >= 0.3 is 12.1 Å². The van der Waals surface area contributed by atoms with E-state index in [9.17, 15) is 27.6 Å². The highest BCUT2D eigenvalue weighted by Gasteiger charge is 2.35. The molecule has 0 heterocycles. The number of esters is 1. The Hall–Kier alpha value is -3.94. The van der Waals surface area contributed by atoms with Gasteiger partial charge in [0.1, 0.15) is 6.04 Å². The summed E-state index contributed by atoms with van der Waals surface area (Å²) in [5, 5.41) is 2.33. The average Bonchev–Trinajstić information content (AvgIpc) is 2.83. The number of alkyl halides is 3. The summed E-state index contributed by atoms with van der Waals surface area (Å²) < 4.78 is 44.4. The van der Waals surface area contributed by atoms with Crippen LogP contribution in [0.15, 0.2) is 78.9 Å². The first-order chi connectivity index (χ1) is 15.7. The fraction of sp³-hybridized carbons (Fsp3) is 0.160. The second-order valence-corrected chi connectivity index (χ2v) is 7.19. The number of methoxy groups -OCH3 is 1. The zero-order valence-corrected chi connectivity index (χ0v) is 17.6. The van der Waals surface area contributed by atoms with E-state index in [2.05, 4.69) is 5.32 Å². The van der Waals surface area contributed by atoms with Crippen molar-refractivity contribution in [3.05, 3.63) is 107 Å². The van der Waals surface area contributed by atoms with Crippen LogP contribution in [-0.2, 0) is 22.1 Å². The Kier molecular flexibility index (Phi) is 7.27. The van der Waals surface area contributed by atoms with Crippen LogP contribution in [0, 0.1) is 0 Å². The van der Waals surface area contributed by atoms with E-state index in [1.165, 1.54) is 12.1 Å². The average molecular weight is 455 g/mol. The van der Waals surface area contributed by atoms with Crippen LogP contribution >= 0.6 is 0 Å². The van der Waals surface area contributed by atoms with Crippen molar-refractivity contribution in [2.24, 2.45) is 0 Å². The minimum absolute atomic E-state index is 0.0353. The molecule has 1 N–H and O–H groups in total. The van der Waals surface area contributed by atoms with Gasteiger partial charge in [-0.3, -0.25) is 9.59 Å². The van der Waals surface area contributed by atoms with Gasteiger partial charge in [-0.1, -0.05) is 66.7 Å². The maximum Gasteiger partial charge on any atom is 0.417 e. The van der Waals surface area contributed by atoms with E-state index in [1.54, 1.807) is 54.6 Å². The van der Waals surface area contributed by atoms with Crippen molar-refractivity contribution >= 4 is 17.7 Å². The summed E-state index contributed by atoms with van der Waals surface area (Å²) >= 11 is 0. The van der Waals surface area contributed by atoms with E-state index in [4.69, 9.17) is 4.74 Å². The van der Waals surface area contributed by atoms with Crippen LogP contribution in [0.4, 0.5) is 13.2 Å². The molecule has 1 amide bonds. The summed E-state index contributed by atoms with van der Waals surface area (Å²) in [6, 6.07) is 18.2. The molecule has 0 saturated carbocycles. The van der Waals surface area contributed by atoms with Crippen LogP contribution in [0.1, 0.15) is 37.4 Å². The zero-order chi connectivity index (χ0) is 24.0. The van der Waals surface area contributed by atoms with Crippen LogP contribution in [0.25, 0.3) is 0 Å². The van der Waals surface area contributed by atoms with Crippen LogP contribution < -0.4 is 5.32 Å². The summed E-state index contributed by atoms with van der Waals surface area (Å²) in [6.07, 6.45) is -4.76. The molecule has 0 fully saturated rings. The summed E-state index contributed by atoms with van der Waals surface area (Å²) in [4.78, 5) is 37.3. The SMILES string of the molecule is COC(=O)[C@@H](Cc1ccc(C(=O)c2ccccc2)cc1)NC(=O)c1ccccc1C(F)(F)F. The molecule has 170 valence electrons. The third-order valence-corrected chi connectivity index (χ3v) is 4.96. The topological polar surface area (TPSA) is 72.5 Å². The van der Waals surface area contributed by atoms with Crippen molar-refractivity contribution in [2.45, 2.75) is 18.6 Å². The standard InChI is InChI=1S/C25H20F3NO4/c1-33-24(32)21(29-23(31)19-9-5-6-10-20(19)25(26,27)28)15-16-11-13-18(14-12-16)22(30)17-7-3-2-4-8-17/h2-14,21H,15H2,1H3,(H,29,31)/t21-/m1/s1. The number of ketones is 1. The molecule has 0 aliphatic rings. The van der Waals surface area contributed by atoms with Crippen LogP contribution in [0.2, 0.25) is 0 Å². The summed E-state index contributed by atoms with van der Waals surface area (Å²) in [5.41, 5.74) is -0.159. The Labute approximate surface area is 188 Å². The highest BCUT2D eigenvalue weighted by atomic mass is 19.4. The number of carbonyl (C=O) groups excluding carboxylic acids is 3. The second-order valence-electron chi connectivity index (χ2n) is 7.19. The molecule has 3 aromatic carbocycles. The molecule has 0 aliphatic heterocycles. The van der Waals surface area contributed by atoms with E-state index in [-0.39, 0.29) is 12.2 Å². The summed E-state index contributed by atoms with van der Waals surface area (Å²) in [6.45, 7) is 0. The fourth-order valence-corrected chi connectivity index (χ4v) is 3.28.